The highest BCUT2D eigenvalue weighted by Crippen LogP contribution is 2.08. The highest BCUT2D eigenvalue weighted by atomic mass is 16.5. The number of carbonyl (C=O) groups is 1. The molecule has 0 atom stereocenters. The SMILES string of the molecule is CCCNc1ncc(C(=O)OCC)c(C)n1. The molecule has 1 N–H and O–H groups in total. The van der Waals surface area contributed by atoms with Gasteiger partial charge in [0.1, 0.15) is 0 Å². The Morgan fingerprint density at radius 3 is 2.81 bits per heavy atom. The summed E-state index contributed by atoms with van der Waals surface area (Å²) in [4.78, 5) is 19.7. The second-order valence-corrected chi connectivity index (χ2v) is 3.34. The molecule has 5 heteroatoms. The number of nitrogens with one attached hydrogen (secondary N) is 1. The highest BCUT2D eigenvalue weighted by molar-refractivity contribution is 5.90. The Labute approximate surface area is 95.3 Å². The Bertz CT molecular complexity index is 366. The minimum Gasteiger partial charge on any atom is -0.462 e. The fourth-order valence-electron chi connectivity index (χ4n) is 1.20. The van der Waals surface area contributed by atoms with Gasteiger partial charge < -0.3 is 10.1 Å². The van der Waals surface area contributed by atoms with Crippen LogP contribution in [-0.2, 0) is 4.74 Å². The van der Waals surface area contributed by atoms with E-state index in [0.717, 1.165) is 13.0 Å². The van der Waals surface area contributed by atoms with Crippen molar-refractivity contribution in [1.29, 1.82) is 0 Å². The summed E-state index contributed by atoms with van der Waals surface area (Å²) < 4.78 is 4.89. The first-order valence-corrected chi connectivity index (χ1v) is 5.43. The van der Waals surface area contributed by atoms with E-state index < -0.39 is 0 Å². The van der Waals surface area contributed by atoms with E-state index in [4.69, 9.17) is 4.74 Å². The van der Waals surface area contributed by atoms with Crippen molar-refractivity contribution in [2.45, 2.75) is 27.2 Å². The molecule has 0 aromatic carbocycles. The molecule has 1 heterocycles. The average Bonchev–Trinajstić information content (AvgIpc) is 2.26. The molecule has 0 aliphatic carbocycles. The molecule has 0 aliphatic rings. The number of anilines is 1. The smallest absolute Gasteiger partial charge is 0.341 e. The molecule has 16 heavy (non-hydrogen) atoms. The molecule has 1 aromatic rings. The van der Waals surface area contributed by atoms with E-state index in [9.17, 15) is 4.79 Å². The van der Waals surface area contributed by atoms with Gasteiger partial charge in [0.15, 0.2) is 0 Å². The van der Waals surface area contributed by atoms with E-state index in [1.807, 2.05) is 0 Å². The molecule has 0 saturated heterocycles. The van der Waals surface area contributed by atoms with Crippen molar-refractivity contribution in [1.82, 2.24) is 9.97 Å². The second-order valence-electron chi connectivity index (χ2n) is 3.34. The summed E-state index contributed by atoms with van der Waals surface area (Å²) >= 11 is 0. The van der Waals surface area contributed by atoms with Gasteiger partial charge in [-0.25, -0.2) is 14.8 Å². The van der Waals surface area contributed by atoms with Crippen molar-refractivity contribution in [2.75, 3.05) is 18.5 Å². The Hall–Kier alpha value is -1.65. The van der Waals surface area contributed by atoms with Gasteiger partial charge in [0.05, 0.1) is 17.9 Å². The summed E-state index contributed by atoms with van der Waals surface area (Å²) in [6.45, 7) is 6.77. The van der Waals surface area contributed by atoms with Gasteiger partial charge in [-0.3, -0.25) is 0 Å². The molecule has 0 bridgehead atoms. The lowest BCUT2D eigenvalue weighted by Crippen LogP contribution is -2.11. The Kier molecular flexibility index (Phi) is 4.69. The fourth-order valence-corrected chi connectivity index (χ4v) is 1.20. The lowest BCUT2D eigenvalue weighted by atomic mass is 10.2. The largest absolute Gasteiger partial charge is 0.462 e. The van der Waals surface area contributed by atoms with Gasteiger partial charge >= 0.3 is 5.97 Å². The zero-order valence-electron chi connectivity index (χ0n) is 9.91. The first-order valence-electron chi connectivity index (χ1n) is 5.43. The van der Waals surface area contributed by atoms with E-state index in [1.54, 1.807) is 13.8 Å². The minimum atomic E-state index is -0.373. The van der Waals surface area contributed by atoms with E-state index in [0.29, 0.717) is 23.8 Å². The Morgan fingerprint density at radius 2 is 2.25 bits per heavy atom. The van der Waals surface area contributed by atoms with Crippen LogP contribution < -0.4 is 5.32 Å². The van der Waals surface area contributed by atoms with Gasteiger partial charge in [-0.2, -0.15) is 0 Å². The van der Waals surface area contributed by atoms with Gasteiger partial charge in [0, 0.05) is 12.7 Å². The lowest BCUT2D eigenvalue weighted by Gasteiger charge is -2.07. The van der Waals surface area contributed by atoms with Crippen molar-refractivity contribution < 1.29 is 9.53 Å². The van der Waals surface area contributed by atoms with Crippen LogP contribution in [0.1, 0.15) is 36.3 Å². The zero-order valence-corrected chi connectivity index (χ0v) is 9.91. The summed E-state index contributed by atoms with van der Waals surface area (Å²) in [5.41, 5.74) is 1.05. The third kappa shape index (κ3) is 3.18. The number of aryl methyl sites for hydroxylation is 1. The van der Waals surface area contributed by atoms with Crippen LogP contribution in [0.5, 0.6) is 0 Å². The van der Waals surface area contributed by atoms with Gasteiger partial charge in [-0.05, 0) is 20.3 Å². The van der Waals surface area contributed by atoms with Crippen molar-refractivity contribution in [3.8, 4) is 0 Å². The maximum atomic E-state index is 11.5. The molecule has 5 nitrogen and oxygen atoms in total. The summed E-state index contributed by atoms with van der Waals surface area (Å²) in [7, 11) is 0. The van der Waals surface area contributed by atoms with Crippen LogP contribution in [0.15, 0.2) is 6.20 Å². The topological polar surface area (TPSA) is 64.1 Å². The molecule has 88 valence electrons. The normalized spacial score (nSPS) is 9.94. The number of aromatic nitrogens is 2. The average molecular weight is 223 g/mol. The number of hydrogen-bond acceptors (Lipinski definition) is 5. The third-order valence-electron chi connectivity index (χ3n) is 2.01. The monoisotopic (exact) mass is 223 g/mol. The van der Waals surface area contributed by atoms with E-state index in [1.165, 1.54) is 6.20 Å². The zero-order chi connectivity index (χ0) is 12.0. The highest BCUT2D eigenvalue weighted by Gasteiger charge is 2.12. The fraction of sp³-hybridized carbons (Fsp3) is 0.545. The van der Waals surface area contributed by atoms with Crippen LogP contribution >= 0.6 is 0 Å². The summed E-state index contributed by atoms with van der Waals surface area (Å²) in [6, 6.07) is 0. The first kappa shape index (κ1) is 12.4. The number of rotatable bonds is 5. The van der Waals surface area contributed by atoms with Gasteiger partial charge in [0.25, 0.3) is 0 Å². The van der Waals surface area contributed by atoms with Crippen LogP contribution in [0.3, 0.4) is 0 Å². The van der Waals surface area contributed by atoms with Gasteiger partial charge in [-0.15, -0.1) is 0 Å². The molecule has 0 fully saturated rings. The molecule has 0 radical (unpaired) electrons. The molecular weight excluding hydrogens is 206 g/mol. The summed E-state index contributed by atoms with van der Waals surface area (Å²) in [6.07, 6.45) is 2.50. The van der Waals surface area contributed by atoms with Gasteiger partial charge in [-0.1, -0.05) is 6.92 Å². The predicted molar refractivity (Wildman–Crippen MR) is 61.5 cm³/mol. The summed E-state index contributed by atoms with van der Waals surface area (Å²) in [5, 5.41) is 3.06. The van der Waals surface area contributed by atoms with Crippen LogP contribution in [0.25, 0.3) is 0 Å². The number of ether oxygens (including phenoxy) is 1. The second kappa shape index (κ2) is 6.05. The van der Waals surface area contributed by atoms with E-state index >= 15 is 0 Å². The standard InChI is InChI=1S/C11H17N3O2/c1-4-6-12-11-13-7-9(8(3)14-11)10(15)16-5-2/h7H,4-6H2,1-3H3,(H,12,13,14). The molecule has 1 aromatic heterocycles. The molecule has 1 rings (SSSR count). The number of carbonyl (C=O) groups excluding carboxylic acids is 1. The van der Waals surface area contributed by atoms with E-state index in [2.05, 4.69) is 22.2 Å². The van der Waals surface area contributed by atoms with Crippen molar-refractivity contribution in [2.24, 2.45) is 0 Å². The first-order chi connectivity index (χ1) is 7.69. The van der Waals surface area contributed by atoms with Crippen LogP contribution in [0.2, 0.25) is 0 Å². The van der Waals surface area contributed by atoms with Crippen LogP contribution in [-0.4, -0.2) is 29.1 Å². The number of esters is 1. The third-order valence-corrected chi connectivity index (χ3v) is 2.01. The number of hydrogen-bond donors (Lipinski definition) is 1. The van der Waals surface area contributed by atoms with E-state index in [-0.39, 0.29) is 5.97 Å². The maximum Gasteiger partial charge on any atom is 0.341 e. The maximum absolute atomic E-state index is 11.5. The van der Waals surface area contributed by atoms with Gasteiger partial charge in [0.2, 0.25) is 5.95 Å². The molecule has 0 amide bonds. The molecule has 0 spiro atoms. The van der Waals surface area contributed by atoms with Crippen molar-refractivity contribution in [3.63, 3.8) is 0 Å². The molecular formula is C11H17N3O2. The molecule has 0 saturated carbocycles. The number of nitrogens with zero attached hydrogens (tertiary/aromatic N) is 2. The molecule has 0 unspecified atom stereocenters. The lowest BCUT2D eigenvalue weighted by molar-refractivity contribution is 0.0524. The summed E-state index contributed by atoms with van der Waals surface area (Å²) in [5.74, 6) is 0.175. The molecule has 0 aliphatic heterocycles. The van der Waals surface area contributed by atoms with Crippen molar-refractivity contribution >= 4 is 11.9 Å². The predicted octanol–water partition coefficient (Wildman–Crippen LogP) is 1.78. The Balaban J connectivity index is 2.78. The van der Waals surface area contributed by atoms with Crippen LogP contribution in [0, 0.1) is 6.92 Å². The van der Waals surface area contributed by atoms with Crippen molar-refractivity contribution in [3.05, 3.63) is 17.5 Å². The quantitative estimate of drug-likeness (QED) is 0.771. The van der Waals surface area contributed by atoms with Crippen LogP contribution in [0.4, 0.5) is 5.95 Å². The minimum absolute atomic E-state index is 0.355. The Morgan fingerprint density at radius 1 is 1.50 bits per heavy atom.